The summed E-state index contributed by atoms with van der Waals surface area (Å²) in [4.78, 5) is 16.9. The van der Waals surface area contributed by atoms with Crippen LogP contribution >= 0.6 is 0 Å². The van der Waals surface area contributed by atoms with Crippen LogP contribution in [0.2, 0.25) is 0 Å². The van der Waals surface area contributed by atoms with Crippen molar-refractivity contribution in [2.24, 2.45) is 0 Å². The first-order valence-electron chi connectivity index (χ1n) is 6.33. The predicted molar refractivity (Wildman–Crippen MR) is 64.6 cm³/mol. The average Bonchev–Trinajstić information content (AvgIpc) is 2.63. The number of hydrogen-bond donors (Lipinski definition) is 1. The molecule has 2 aliphatic heterocycles. The number of ether oxygens (including phenoxy) is 1. The first-order chi connectivity index (χ1) is 8.74. The summed E-state index contributed by atoms with van der Waals surface area (Å²) in [5.41, 5.74) is 0. The molecule has 1 N–H and O–H groups in total. The minimum absolute atomic E-state index is 0.0907. The Labute approximate surface area is 105 Å². The molecule has 5 nitrogen and oxygen atoms in total. The summed E-state index contributed by atoms with van der Waals surface area (Å²) in [5.74, 6) is 0.630. The number of hydrogen-bond acceptors (Lipinski definition) is 3. The van der Waals surface area contributed by atoms with Crippen molar-refractivity contribution in [3.05, 3.63) is 24.4 Å². The molecular formula is C13H16N2O3. The fourth-order valence-corrected chi connectivity index (χ4v) is 3.12. The number of carboxylic acid groups (broad SMARTS) is 1. The highest BCUT2D eigenvalue weighted by Gasteiger charge is 2.44. The van der Waals surface area contributed by atoms with Crippen LogP contribution in [0.3, 0.4) is 0 Å². The van der Waals surface area contributed by atoms with Crippen LogP contribution in [0, 0.1) is 0 Å². The molecule has 2 bridgehead atoms. The molecule has 96 valence electrons. The Morgan fingerprint density at radius 1 is 1.33 bits per heavy atom. The largest absolute Gasteiger partial charge is 0.474 e. The highest BCUT2D eigenvalue weighted by Crippen LogP contribution is 2.36. The van der Waals surface area contributed by atoms with Crippen molar-refractivity contribution in [1.29, 1.82) is 0 Å². The predicted octanol–water partition coefficient (Wildman–Crippen LogP) is 2.13. The van der Waals surface area contributed by atoms with Crippen molar-refractivity contribution >= 4 is 6.09 Å². The lowest BCUT2D eigenvalue weighted by atomic mass is 10.0. The molecule has 2 saturated heterocycles. The SMILES string of the molecule is O=C(O)N1C2CCC1CC(Oc1ccccn1)C2. The smallest absolute Gasteiger partial charge is 0.407 e. The summed E-state index contributed by atoms with van der Waals surface area (Å²) in [5, 5.41) is 9.17. The molecule has 2 atom stereocenters. The molecular weight excluding hydrogens is 232 g/mol. The first-order valence-corrected chi connectivity index (χ1v) is 6.33. The molecule has 1 amide bonds. The van der Waals surface area contributed by atoms with Gasteiger partial charge in [-0.3, -0.25) is 0 Å². The van der Waals surface area contributed by atoms with Crippen molar-refractivity contribution in [2.75, 3.05) is 0 Å². The number of rotatable bonds is 2. The van der Waals surface area contributed by atoms with E-state index in [2.05, 4.69) is 4.98 Å². The van der Waals surface area contributed by atoms with Crippen LogP contribution in [0.1, 0.15) is 25.7 Å². The normalized spacial score (nSPS) is 30.2. The zero-order valence-corrected chi connectivity index (χ0v) is 10.0. The molecule has 3 heterocycles. The molecule has 1 aromatic rings. The topological polar surface area (TPSA) is 62.7 Å². The molecule has 1 aromatic heterocycles. The molecule has 2 aliphatic rings. The van der Waals surface area contributed by atoms with Gasteiger partial charge in [-0.1, -0.05) is 6.07 Å². The van der Waals surface area contributed by atoms with Gasteiger partial charge in [-0.25, -0.2) is 9.78 Å². The van der Waals surface area contributed by atoms with Gasteiger partial charge in [0.05, 0.1) is 0 Å². The van der Waals surface area contributed by atoms with Crippen molar-refractivity contribution in [2.45, 2.75) is 43.9 Å². The van der Waals surface area contributed by atoms with E-state index >= 15 is 0 Å². The second kappa shape index (κ2) is 4.48. The highest BCUT2D eigenvalue weighted by atomic mass is 16.5. The van der Waals surface area contributed by atoms with Gasteiger partial charge in [-0.2, -0.15) is 0 Å². The van der Waals surface area contributed by atoms with Gasteiger partial charge in [0.2, 0.25) is 5.88 Å². The first kappa shape index (κ1) is 11.3. The maximum Gasteiger partial charge on any atom is 0.407 e. The molecule has 5 heteroatoms. The molecule has 0 radical (unpaired) electrons. The van der Waals surface area contributed by atoms with E-state index in [-0.39, 0.29) is 18.2 Å². The van der Waals surface area contributed by atoms with E-state index < -0.39 is 6.09 Å². The van der Waals surface area contributed by atoms with Crippen LogP contribution in [-0.4, -0.2) is 39.3 Å². The van der Waals surface area contributed by atoms with Crippen LogP contribution < -0.4 is 4.74 Å². The van der Waals surface area contributed by atoms with Gasteiger partial charge in [0, 0.05) is 37.2 Å². The number of pyridine rings is 1. The average molecular weight is 248 g/mol. The second-order valence-electron chi connectivity index (χ2n) is 4.95. The number of fused-ring (bicyclic) bond motifs is 2. The summed E-state index contributed by atoms with van der Waals surface area (Å²) in [7, 11) is 0. The van der Waals surface area contributed by atoms with Crippen LogP contribution in [0.25, 0.3) is 0 Å². The Hall–Kier alpha value is -1.78. The van der Waals surface area contributed by atoms with E-state index in [9.17, 15) is 4.79 Å². The van der Waals surface area contributed by atoms with Gasteiger partial charge < -0.3 is 14.7 Å². The molecule has 0 spiro atoms. The van der Waals surface area contributed by atoms with Crippen LogP contribution in [-0.2, 0) is 0 Å². The van der Waals surface area contributed by atoms with E-state index in [1.807, 2.05) is 18.2 Å². The number of nitrogens with zero attached hydrogens (tertiary/aromatic N) is 2. The summed E-state index contributed by atoms with van der Waals surface area (Å²) in [6.45, 7) is 0. The standard InChI is InChI=1S/C13H16N2O3/c16-13(17)15-9-4-5-10(15)8-11(7-9)18-12-3-1-2-6-14-12/h1-3,6,9-11H,4-5,7-8H2,(H,16,17). The highest BCUT2D eigenvalue weighted by molar-refractivity contribution is 5.66. The maximum absolute atomic E-state index is 11.2. The molecule has 2 unspecified atom stereocenters. The minimum atomic E-state index is -0.793. The number of piperidine rings is 1. The van der Waals surface area contributed by atoms with E-state index in [4.69, 9.17) is 9.84 Å². The second-order valence-corrected chi connectivity index (χ2v) is 4.95. The molecule has 0 aliphatic carbocycles. The quantitative estimate of drug-likeness (QED) is 0.871. The van der Waals surface area contributed by atoms with Gasteiger partial charge in [0.25, 0.3) is 0 Å². The Kier molecular flexibility index (Phi) is 2.81. The summed E-state index contributed by atoms with van der Waals surface area (Å²) < 4.78 is 5.83. The fourth-order valence-electron chi connectivity index (χ4n) is 3.12. The lowest BCUT2D eigenvalue weighted by Gasteiger charge is -2.36. The summed E-state index contributed by atoms with van der Waals surface area (Å²) >= 11 is 0. The van der Waals surface area contributed by atoms with Gasteiger partial charge >= 0.3 is 6.09 Å². The third-order valence-electron chi connectivity index (χ3n) is 3.84. The van der Waals surface area contributed by atoms with E-state index in [0.29, 0.717) is 5.88 Å². The van der Waals surface area contributed by atoms with Crippen LogP contribution in [0.15, 0.2) is 24.4 Å². The third-order valence-corrected chi connectivity index (χ3v) is 3.84. The zero-order valence-electron chi connectivity index (χ0n) is 10.0. The number of carbonyl (C=O) groups is 1. The molecule has 2 fully saturated rings. The molecule has 18 heavy (non-hydrogen) atoms. The summed E-state index contributed by atoms with van der Waals surface area (Å²) in [6, 6.07) is 5.82. The number of amides is 1. The monoisotopic (exact) mass is 248 g/mol. The van der Waals surface area contributed by atoms with E-state index in [1.165, 1.54) is 0 Å². The Morgan fingerprint density at radius 3 is 2.61 bits per heavy atom. The Balaban J connectivity index is 1.67. The van der Waals surface area contributed by atoms with Crippen molar-refractivity contribution < 1.29 is 14.6 Å². The van der Waals surface area contributed by atoms with Gasteiger partial charge in [0.1, 0.15) is 6.10 Å². The lowest BCUT2D eigenvalue weighted by molar-refractivity contribution is 0.0477. The van der Waals surface area contributed by atoms with Gasteiger partial charge in [-0.15, -0.1) is 0 Å². The maximum atomic E-state index is 11.2. The molecule has 0 saturated carbocycles. The Morgan fingerprint density at radius 2 is 2.06 bits per heavy atom. The minimum Gasteiger partial charge on any atom is -0.474 e. The van der Waals surface area contributed by atoms with Gasteiger partial charge in [0.15, 0.2) is 0 Å². The van der Waals surface area contributed by atoms with Crippen molar-refractivity contribution in [1.82, 2.24) is 9.88 Å². The van der Waals surface area contributed by atoms with Crippen LogP contribution in [0.4, 0.5) is 4.79 Å². The third kappa shape index (κ3) is 2.00. The zero-order chi connectivity index (χ0) is 12.5. The van der Waals surface area contributed by atoms with Crippen molar-refractivity contribution in [3.8, 4) is 5.88 Å². The molecule has 3 rings (SSSR count). The molecule has 0 aromatic carbocycles. The fraction of sp³-hybridized carbons (Fsp3) is 0.538. The summed E-state index contributed by atoms with van der Waals surface area (Å²) in [6.07, 6.45) is 4.47. The Bertz CT molecular complexity index is 423. The lowest BCUT2D eigenvalue weighted by Crippen LogP contribution is -2.48. The van der Waals surface area contributed by atoms with E-state index in [0.717, 1.165) is 25.7 Å². The number of aromatic nitrogens is 1. The van der Waals surface area contributed by atoms with Gasteiger partial charge in [-0.05, 0) is 18.9 Å². The van der Waals surface area contributed by atoms with Crippen LogP contribution in [0.5, 0.6) is 5.88 Å². The van der Waals surface area contributed by atoms with Crippen molar-refractivity contribution in [3.63, 3.8) is 0 Å². The van der Waals surface area contributed by atoms with E-state index in [1.54, 1.807) is 11.1 Å².